The molecule has 1 aromatic carbocycles. The van der Waals surface area contributed by atoms with Gasteiger partial charge in [0.15, 0.2) is 5.01 Å². The van der Waals surface area contributed by atoms with Gasteiger partial charge in [0.25, 0.3) is 0 Å². The van der Waals surface area contributed by atoms with Crippen LogP contribution in [-0.4, -0.2) is 36.4 Å². The third kappa shape index (κ3) is 3.17. The number of phenolic OH excluding ortho intramolecular Hbond substituents is 1. The molecule has 138 valence electrons. The van der Waals surface area contributed by atoms with Crippen molar-refractivity contribution in [3.05, 3.63) is 47.5 Å². The van der Waals surface area contributed by atoms with Crippen molar-refractivity contribution in [2.45, 2.75) is 44.2 Å². The summed E-state index contributed by atoms with van der Waals surface area (Å²) in [5.41, 5.74) is 3.25. The quantitative estimate of drug-likeness (QED) is 0.724. The molecule has 2 fully saturated rings. The monoisotopic (exact) mass is 379 g/mol. The number of fused-ring (bicyclic) bond motifs is 2. The number of hydrogen-bond acceptors (Lipinski definition) is 6. The summed E-state index contributed by atoms with van der Waals surface area (Å²) in [7, 11) is 0. The van der Waals surface area contributed by atoms with Crippen molar-refractivity contribution in [1.82, 2.24) is 25.1 Å². The molecule has 6 nitrogen and oxygen atoms in total. The molecule has 0 saturated carbocycles. The molecular formula is C20H21N5OS. The lowest BCUT2D eigenvalue weighted by molar-refractivity contribution is 0.351. The summed E-state index contributed by atoms with van der Waals surface area (Å²) in [6.45, 7) is 2.31. The molecule has 2 aromatic heterocycles. The minimum Gasteiger partial charge on any atom is -0.507 e. The summed E-state index contributed by atoms with van der Waals surface area (Å²) >= 11 is 1.52. The standard InChI is InChI=1S/C20H21N5OS/c1-20-5-4-14(22-20)8-13(11-20)9-18-23-24-19(27-18)16-3-2-15(10-17(16)26)25-7-6-21-12-25/h2-3,6-7,9-10,12,14,22,26H,4-5,8,11H2,1H3/b13-9+/t14?,20-/m0/s1. The number of benzene rings is 1. The summed E-state index contributed by atoms with van der Waals surface area (Å²) in [5, 5.41) is 24.5. The van der Waals surface area contributed by atoms with Crippen LogP contribution in [0.15, 0.2) is 42.5 Å². The van der Waals surface area contributed by atoms with Gasteiger partial charge < -0.3 is 15.0 Å². The second-order valence-electron chi connectivity index (χ2n) is 7.74. The van der Waals surface area contributed by atoms with Crippen LogP contribution in [0, 0.1) is 0 Å². The zero-order valence-electron chi connectivity index (χ0n) is 15.1. The zero-order valence-corrected chi connectivity index (χ0v) is 15.9. The van der Waals surface area contributed by atoms with E-state index in [-0.39, 0.29) is 11.3 Å². The van der Waals surface area contributed by atoms with Gasteiger partial charge in [-0.2, -0.15) is 0 Å². The molecule has 27 heavy (non-hydrogen) atoms. The Labute approximate surface area is 161 Å². The SMILES string of the molecule is C[C@]12CCC(C/C(=C\c3nnc(-c4ccc(-n5ccnc5)cc4O)s3)C1)N2. The van der Waals surface area contributed by atoms with Gasteiger partial charge in [-0.3, -0.25) is 0 Å². The molecule has 2 bridgehead atoms. The Hall–Kier alpha value is -2.51. The van der Waals surface area contributed by atoms with Crippen LogP contribution in [-0.2, 0) is 0 Å². The van der Waals surface area contributed by atoms with Crippen LogP contribution in [0.5, 0.6) is 5.75 Å². The molecular weight excluding hydrogens is 358 g/mol. The van der Waals surface area contributed by atoms with E-state index < -0.39 is 0 Å². The fourth-order valence-corrected chi connectivity index (χ4v) is 5.14. The number of piperidine rings is 1. The fraction of sp³-hybridized carbons (Fsp3) is 0.350. The molecule has 0 radical (unpaired) electrons. The van der Waals surface area contributed by atoms with Crippen LogP contribution in [0.25, 0.3) is 22.3 Å². The topological polar surface area (TPSA) is 75.9 Å². The molecule has 2 N–H and O–H groups in total. The highest BCUT2D eigenvalue weighted by Gasteiger charge is 2.39. The average Bonchev–Trinajstić information content (AvgIpc) is 3.36. The van der Waals surface area contributed by atoms with Gasteiger partial charge in [-0.1, -0.05) is 16.9 Å². The van der Waals surface area contributed by atoms with E-state index in [1.165, 1.54) is 29.8 Å². The van der Waals surface area contributed by atoms with E-state index in [0.29, 0.717) is 11.6 Å². The lowest BCUT2D eigenvalue weighted by Gasteiger charge is -2.32. The van der Waals surface area contributed by atoms with Gasteiger partial charge in [-0.05, 0) is 50.8 Å². The Bertz CT molecular complexity index is 1010. The first kappa shape index (κ1) is 16.6. The van der Waals surface area contributed by atoms with Gasteiger partial charge in [0.2, 0.25) is 0 Å². The van der Waals surface area contributed by atoms with Crippen molar-refractivity contribution < 1.29 is 5.11 Å². The number of rotatable bonds is 3. The third-order valence-corrected chi connectivity index (χ3v) is 6.41. The highest BCUT2D eigenvalue weighted by Crippen LogP contribution is 2.39. The van der Waals surface area contributed by atoms with E-state index in [4.69, 9.17) is 0 Å². The Kier molecular flexibility index (Phi) is 3.87. The van der Waals surface area contributed by atoms with Crippen LogP contribution in [0.4, 0.5) is 0 Å². The Morgan fingerprint density at radius 2 is 2.30 bits per heavy atom. The maximum absolute atomic E-state index is 10.5. The van der Waals surface area contributed by atoms with Crippen molar-refractivity contribution in [2.75, 3.05) is 0 Å². The number of aromatic nitrogens is 4. The number of imidazole rings is 1. The Morgan fingerprint density at radius 1 is 1.37 bits per heavy atom. The molecule has 0 spiro atoms. The third-order valence-electron chi connectivity index (χ3n) is 5.51. The number of nitrogens with zero attached hydrogens (tertiary/aromatic N) is 4. The van der Waals surface area contributed by atoms with Gasteiger partial charge in [0.1, 0.15) is 10.8 Å². The lowest BCUT2D eigenvalue weighted by atomic mass is 9.89. The molecule has 2 saturated heterocycles. The number of hydrogen-bond donors (Lipinski definition) is 2. The number of phenols is 1. The van der Waals surface area contributed by atoms with Crippen LogP contribution < -0.4 is 5.32 Å². The van der Waals surface area contributed by atoms with E-state index in [2.05, 4.69) is 33.5 Å². The maximum Gasteiger partial charge on any atom is 0.151 e. The number of aromatic hydroxyl groups is 1. The van der Waals surface area contributed by atoms with Gasteiger partial charge in [-0.25, -0.2) is 4.98 Å². The fourth-order valence-electron chi connectivity index (χ4n) is 4.27. The van der Waals surface area contributed by atoms with E-state index in [1.807, 2.05) is 22.9 Å². The van der Waals surface area contributed by atoms with Crippen molar-refractivity contribution in [3.63, 3.8) is 0 Å². The first-order chi connectivity index (χ1) is 13.1. The molecule has 0 amide bonds. The first-order valence-electron chi connectivity index (χ1n) is 9.20. The van der Waals surface area contributed by atoms with Crippen LogP contribution >= 0.6 is 11.3 Å². The van der Waals surface area contributed by atoms with E-state index >= 15 is 0 Å². The van der Waals surface area contributed by atoms with Gasteiger partial charge in [0.05, 0.1) is 17.6 Å². The molecule has 4 heterocycles. The first-order valence-corrected chi connectivity index (χ1v) is 10.0. The summed E-state index contributed by atoms with van der Waals surface area (Å²) < 4.78 is 1.85. The predicted molar refractivity (Wildman–Crippen MR) is 106 cm³/mol. The molecule has 3 aromatic rings. The van der Waals surface area contributed by atoms with E-state index in [9.17, 15) is 5.11 Å². The van der Waals surface area contributed by atoms with Gasteiger partial charge >= 0.3 is 0 Å². The predicted octanol–water partition coefficient (Wildman–Crippen LogP) is 3.78. The Balaban J connectivity index is 1.40. The summed E-state index contributed by atoms with van der Waals surface area (Å²) in [4.78, 5) is 4.04. The molecule has 2 atom stereocenters. The molecule has 0 aliphatic carbocycles. The molecule has 7 heteroatoms. The number of nitrogens with one attached hydrogen (secondary N) is 1. The molecule has 2 aliphatic heterocycles. The van der Waals surface area contributed by atoms with Gasteiger partial charge in [-0.15, -0.1) is 10.2 Å². The summed E-state index contributed by atoms with van der Waals surface area (Å²) in [5.74, 6) is 0.198. The van der Waals surface area contributed by atoms with Crippen molar-refractivity contribution in [3.8, 4) is 22.0 Å². The zero-order chi connectivity index (χ0) is 18.4. The molecule has 2 aliphatic rings. The van der Waals surface area contributed by atoms with Crippen LogP contribution in [0.1, 0.15) is 37.6 Å². The summed E-state index contributed by atoms with van der Waals surface area (Å²) in [6, 6.07) is 6.15. The smallest absolute Gasteiger partial charge is 0.151 e. The second kappa shape index (κ2) is 6.28. The second-order valence-corrected chi connectivity index (χ2v) is 8.75. The van der Waals surface area contributed by atoms with Crippen LogP contribution in [0.2, 0.25) is 0 Å². The minimum absolute atomic E-state index is 0.198. The van der Waals surface area contributed by atoms with Crippen LogP contribution in [0.3, 0.4) is 0 Å². The minimum atomic E-state index is 0.198. The highest BCUT2D eigenvalue weighted by molar-refractivity contribution is 7.15. The molecule has 1 unspecified atom stereocenters. The van der Waals surface area contributed by atoms with E-state index in [0.717, 1.165) is 28.5 Å². The summed E-state index contributed by atoms with van der Waals surface area (Å²) in [6.07, 6.45) is 12.1. The average molecular weight is 379 g/mol. The van der Waals surface area contributed by atoms with Crippen molar-refractivity contribution >= 4 is 17.4 Å². The highest BCUT2D eigenvalue weighted by atomic mass is 32.1. The maximum atomic E-state index is 10.5. The van der Waals surface area contributed by atoms with Gasteiger partial charge in [0, 0.05) is 30.0 Å². The normalized spacial score (nSPS) is 26.0. The molecule has 5 rings (SSSR count). The largest absolute Gasteiger partial charge is 0.507 e. The lowest BCUT2D eigenvalue weighted by Crippen LogP contribution is -2.44. The Morgan fingerprint density at radius 3 is 3.07 bits per heavy atom. The van der Waals surface area contributed by atoms with E-state index in [1.54, 1.807) is 18.6 Å². The van der Waals surface area contributed by atoms with Crippen molar-refractivity contribution in [2.24, 2.45) is 0 Å². The van der Waals surface area contributed by atoms with Crippen molar-refractivity contribution in [1.29, 1.82) is 0 Å².